The average molecular weight is 482 g/mol. The van der Waals surface area contributed by atoms with Crippen molar-refractivity contribution in [3.8, 4) is 11.4 Å². The molecule has 12 heteroatoms. The summed E-state index contributed by atoms with van der Waals surface area (Å²) in [4.78, 5) is 14.5. The van der Waals surface area contributed by atoms with Gasteiger partial charge >= 0.3 is 6.18 Å². The third kappa shape index (κ3) is 5.55. The molecule has 174 valence electrons. The van der Waals surface area contributed by atoms with Gasteiger partial charge in [0.05, 0.1) is 35.8 Å². The van der Waals surface area contributed by atoms with Gasteiger partial charge in [0, 0.05) is 18.1 Å². The number of carbonyl (C=O) groups is 1. The maximum absolute atomic E-state index is 13.3. The number of hydrogen-bond acceptors (Lipinski definition) is 6. The second-order valence-corrected chi connectivity index (χ2v) is 7.58. The summed E-state index contributed by atoms with van der Waals surface area (Å²) < 4.78 is 52.3. The number of nitrogens with zero attached hydrogens (tertiary/aromatic N) is 4. The lowest BCUT2D eigenvalue weighted by Gasteiger charge is -2.31. The molecular weight excluding hydrogens is 463 g/mol. The van der Waals surface area contributed by atoms with Gasteiger partial charge in [-0.05, 0) is 36.4 Å². The molecule has 0 radical (unpaired) electrons. The predicted octanol–water partition coefficient (Wildman–Crippen LogP) is 3.79. The van der Waals surface area contributed by atoms with Gasteiger partial charge in [-0.3, -0.25) is 9.36 Å². The number of amides is 1. The molecule has 0 bridgehead atoms. The van der Waals surface area contributed by atoms with E-state index in [2.05, 4.69) is 15.5 Å². The Morgan fingerprint density at radius 3 is 2.52 bits per heavy atom. The second kappa shape index (κ2) is 9.67. The molecule has 0 saturated carbocycles. The Morgan fingerprint density at radius 2 is 1.82 bits per heavy atom. The van der Waals surface area contributed by atoms with Crippen LogP contribution in [0.1, 0.15) is 5.56 Å². The maximum atomic E-state index is 13.3. The number of carbonyl (C=O) groups excluding carboxylic acids is 1. The molecule has 33 heavy (non-hydrogen) atoms. The third-order valence-corrected chi connectivity index (χ3v) is 5.16. The highest BCUT2D eigenvalue weighted by Gasteiger charge is 2.32. The molecule has 1 N–H and O–H groups in total. The fourth-order valence-corrected chi connectivity index (χ4v) is 3.53. The molecule has 1 amide bonds. The Morgan fingerprint density at radius 1 is 1.09 bits per heavy atom. The smallest absolute Gasteiger partial charge is 0.416 e. The van der Waals surface area contributed by atoms with Gasteiger partial charge in [-0.25, -0.2) is 0 Å². The van der Waals surface area contributed by atoms with Crippen molar-refractivity contribution in [1.82, 2.24) is 14.8 Å². The summed E-state index contributed by atoms with van der Waals surface area (Å²) in [6, 6.07) is 8.06. The predicted molar refractivity (Wildman–Crippen MR) is 115 cm³/mol. The summed E-state index contributed by atoms with van der Waals surface area (Å²) in [5.74, 6) is -0.291. The molecule has 3 aromatic rings. The van der Waals surface area contributed by atoms with Crippen LogP contribution in [0, 0.1) is 0 Å². The minimum atomic E-state index is -4.55. The molecule has 1 aromatic heterocycles. The summed E-state index contributed by atoms with van der Waals surface area (Å²) in [6.07, 6.45) is -1.66. The highest BCUT2D eigenvalue weighted by atomic mass is 35.5. The number of aromatic nitrogens is 3. The first-order valence-corrected chi connectivity index (χ1v) is 10.3. The van der Waals surface area contributed by atoms with Crippen LogP contribution in [0.15, 0.2) is 49.1 Å². The molecule has 4 rings (SSSR count). The summed E-state index contributed by atoms with van der Waals surface area (Å²) in [6.45, 7) is 1.45. The van der Waals surface area contributed by atoms with E-state index in [1.54, 1.807) is 22.8 Å². The summed E-state index contributed by atoms with van der Waals surface area (Å²) in [7, 11) is 0. The highest BCUT2D eigenvalue weighted by Crippen LogP contribution is 2.36. The number of morpholine rings is 1. The minimum absolute atomic E-state index is 0.0514. The maximum Gasteiger partial charge on any atom is 0.416 e. The Bertz CT molecular complexity index is 1120. The molecule has 1 fully saturated rings. The number of anilines is 2. The highest BCUT2D eigenvalue weighted by molar-refractivity contribution is 6.30. The van der Waals surface area contributed by atoms with Crippen molar-refractivity contribution < 1.29 is 27.4 Å². The first-order chi connectivity index (χ1) is 15.8. The van der Waals surface area contributed by atoms with Crippen molar-refractivity contribution in [3.05, 3.63) is 59.6 Å². The van der Waals surface area contributed by atoms with E-state index in [9.17, 15) is 18.0 Å². The number of benzene rings is 2. The van der Waals surface area contributed by atoms with E-state index >= 15 is 0 Å². The Labute approximate surface area is 191 Å². The van der Waals surface area contributed by atoms with Crippen LogP contribution in [0.4, 0.5) is 24.5 Å². The van der Waals surface area contributed by atoms with Crippen molar-refractivity contribution in [2.45, 2.75) is 6.18 Å². The molecule has 1 saturated heterocycles. The molecule has 0 spiro atoms. The topological polar surface area (TPSA) is 81.5 Å². The van der Waals surface area contributed by atoms with E-state index in [4.69, 9.17) is 21.1 Å². The van der Waals surface area contributed by atoms with Crippen molar-refractivity contribution >= 4 is 28.9 Å². The molecule has 0 unspecified atom stereocenters. The summed E-state index contributed by atoms with van der Waals surface area (Å²) in [5.41, 5.74) is 0.184. The SMILES string of the molecule is O=C(COc1ccc(Cl)cc1-n1cnnc1)Nc1cc(C(F)(F)F)ccc1N1CCOCC1. The van der Waals surface area contributed by atoms with Crippen molar-refractivity contribution in [1.29, 1.82) is 0 Å². The zero-order valence-electron chi connectivity index (χ0n) is 17.2. The van der Waals surface area contributed by atoms with E-state index in [1.165, 1.54) is 18.7 Å². The van der Waals surface area contributed by atoms with Gasteiger partial charge in [0.25, 0.3) is 5.91 Å². The fraction of sp³-hybridized carbons (Fsp3) is 0.286. The van der Waals surface area contributed by atoms with Crippen LogP contribution in [-0.2, 0) is 15.7 Å². The van der Waals surface area contributed by atoms with Gasteiger partial charge in [-0.15, -0.1) is 10.2 Å². The molecular formula is C21H19ClF3N5O3. The zero-order valence-corrected chi connectivity index (χ0v) is 17.9. The van der Waals surface area contributed by atoms with Gasteiger partial charge < -0.3 is 19.7 Å². The van der Waals surface area contributed by atoms with Gasteiger partial charge in [-0.2, -0.15) is 13.2 Å². The number of ether oxygens (including phenoxy) is 2. The summed E-state index contributed by atoms with van der Waals surface area (Å²) in [5, 5.41) is 10.5. The van der Waals surface area contributed by atoms with Gasteiger partial charge in [0.15, 0.2) is 6.61 Å². The molecule has 2 heterocycles. The average Bonchev–Trinajstić information content (AvgIpc) is 3.33. The quantitative estimate of drug-likeness (QED) is 0.577. The van der Waals surface area contributed by atoms with Crippen LogP contribution >= 0.6 is 11.6 Å². The first-order valence-electron chi connectivity index (χ1n) is 9.92. The van der Waals surface area contributed by atoms with E-state index in [0.29, 0.717) is 48.5 Å². The Kier molecular flexibility index (Phi) is 6.70. The number of rotatable bonds is 6. The van der Waals surface area contributed by atoms with E-state index < -0.39 is 24.3 Å². The van der Waals surface area contributed by atoms with Crippen molar-refractivity contribution in [2.24, 2.45) is 0 Å². The lowest BCUT2D eigenvalue weighted by atomic mass is 10.1. The lowest BCUT2D eigenvalue weighted by molar-refractivity contribution is -0.137. The lowest BCUT2D eigenvalue weighted by Crippen LogP contribution is -2.37. The fourth-order valence-electron chi connectivity index (χ4n) is 3.36. The molecule has 1 aliphatic rings. The standard InChI is InChI=1S/C21H19ClF3N5O3/c22-15-2-4-19(18(10-15)30-12-26-27-13-30)33-11-20(31)28-16-9-14(21(23,24)25)1-3-17(16)29-5-7-32-8-6-29/h1-4,9-10,12-13H,5-8,11H2,(H,28,31). The molecule has 1 aliphatic heterocycles. The first kappa shape index (κ1) is 22.9. The van der Waals surface area contributed by atoms with Gasteiger partial charge in [-0.1, -0.05) is 11.6 Å². The second-order valence-electron chi connectivity index (χ2n) is 7.15. The molecule has 8 nitrogen and oxygen atoms in total. The Hall–Kier alpha value is -3.31. The minimum Gasteiger partial charge on any atom is -0.482 e. The number of hydrogen-bond donors (Lipinski definition) is 1. The van der Waals surface area contributed by atoms with Crippen LogP contribution in [0.2, 0.25) is 5.02 Å². The number of nitrogens with one attached hydrogen (secondary N) is 1. The van der Waals surface area contributed by atoms with Crippen LogP contribution in [0.25, 0.3) is 5.69 Å². The molecule has 0 aliphatic carbocycles. The van der Waals surface area contributed by atoms with E-state index in [-0.39, 0.29) is 5.69 Å². The van der Waals surface area contributed by atoms with Crippen molar-refractivity contribution in [2.75, 3.05) is 43.1 Å². The third-order valence-electron chi connectivity index (χ3n) is 4.93. The number of alkyl halides is 3. The van der Waals surface area contributed by atoms with E-state index in [1.807, 2.05) is 4.90 Å². The van der Waals surface area contributed by atoms with Gasteiger partial charge in [0.2, 0.25) is 0 Å². The monoisotopic (exact) mass is 481 g/mol. The molecule has 0 atom stereocenters. The van der Waals surface area contributed by atoms with Crippen molar-refractivity contribution in [3.63, 3.8) is 0 Å². The largest absolute Gasteiger partial charge is 0.482 e. The number of halogens is 4. The summed E-state index contributed by atoms with van der Waals surface area (Å²) >= 11 is 6.05. The van der Waals surface area contributed by atoms with E-state index in [0.717, 1.165) is 12.1 Å². The van der Waals surface area contributed by atoms with Crippen LogP contribution in [0.5, 0.6) is 5.75 Å². The zero-order chi connectivity index (χ0) is 23.4. The van der Waals surface area contributed by atoms with Crippen LogP contribution in [-0.4, -0.2) is 53.6 Å². The van der Waals surface area contributed by atoms with Crippen LogP contribution in [0.3, 0.4) is 0 Å². The normalized spacial score (nSPS) is 14.2. The van der Waals surface area contributed by atoms with Gasteiger partial charge in [0.1, 0.15) is 18.4 Å². The Balaban J connectivity index is 1.52. The molecule has 2 aromatic carbocycles. The van der Waals surface area contributed by atoms with Crippen LogP contribution < -0.4 is 15.0 Å².